The van der Waals surface area contributed by atoms with E-state index in [-0.39, 0.29) is 6.04 Å². The van der Waals surface area contributed by atoms with Crippen LogP contribution in [0.15, 0.2) is 6.07 Å². The van der Waals surface area contributed by atoms with Crippen LogP contribution >= 0.6 is 0 Å². The van der Waals surface area contributed by atoms with E-state index in [1.54, 1.807) is 7.11 Å². The molecule has 3 heteroatoms. The summed E-state index contributed by atoms with van der Waals surface area (Å²) >= 11 is 0. The quantitative estimate of drug-likeness (QED) is 0.844. The van der Waals surface area contributed by atoms with E-state index in [1.165, 1.54) is 16.7 Å². The molecule has 0 saturated carbocycles. The van der Waals surface area contributed by atoms with Crippen molar-refractivity contribution in [3.63, 3.8) is 0 Å². The van der Waals surface area contributed by atoms with Gasteiger partial charge in [-0.15, -0.1) is 0 Å². The topological polar surface area (TPSA) is 61.3 Å². The third-order valence-electron chi connectivity index (χ3n) is 3.73. The minimum atomic E-state index is 0.0480. The van der Waals surface area contributed by atoms with Crippen LogP contribution in [0.4, 0.5) is 0 Å². The standard InChI is InChI=1S/C15H26N2O/c1-9(8-16)6-14(17)13-7-10(2)15(18-5)12(4)11(13)3/h7,9,14H,6,8,16-17H2,1-5H3. The minimum Gasteiger partial charge on any atom is -0.496 e. The molecule has 0 aliphatic carbocycles. The van der Waals surface area contributed by atoms with Gasteiger partial charge in [-0.25, -0.2) is 0 Å². The zero-order valence-electron chi connectivity index (χ0n) is 12.2. The van der Waals surface area contributed by atoms with Crippen LogP contribution in [-0.2, 0) is 0 Å². The molecule has 0 saturated heterocycles. The largest absolute Gasteiger partial charge is 0.496 e. The van der Waals surface area contributed by atoms with Gasteiger partial charge in [0.15, 0.2) is 0 Å². The van der Waals surface area contributed by atoms with Gasteiger partial charge in [-0.2, -0.15) is 0 Å². The normalized spacial score (nSPS) is 14.4. The molecule has 0 aliphatic heterocycles. The Labute approximate surface area is 111 Å². The minimum absolute atomic E-state index is 0.0480. The van der Waals surface area contributed by atoms with Gasteiger partial charge in [-0.1, -0.05) is 13.0 Å². The summed E-state index contributed by atoms with van der Waals surface area (Å²) in [6.45, 7) is 9.08. The zero-order chi connectivity index (χ0) is 13.9. The molecule has 2 atom stereocenters. The average molecular weight is 250 g/mol. The summed E-state index contributed by atoms with van der Waals surface area (Å²) in [5.74, 6) is 1.41. The van der Waals surface area contributed by atoms with Crippen molar-refractivity contribution in [2.75, 3.05) is 13.7 Å². The van der Waals surface area contributed by atoms with Crippen molar-refractivity contribution in [2.45, 2.75) is 40.2 Å². The van der Waals surface area contributed by atoms with Gasteiger partial charge in [0.2, 0.25) is 0 Å². The van der Waals surface area contributed by atoms with E-state index < -0.39 is 0 Å². The van der Waals surface area contributed by atoms with Gasteiger partial charge in [0.1, 0.15) is 5.75 Å². The Hall–Kier alpha value is -1.06. The molecular weight excluding hydrogens is 224 g/mol. The maximum Gasteiger partial charge on any atom is 0.124 e. The van der Waals surface area contributed by atoms with Gasteiger partial charge >= 0.3 is 0 Å². The molecule has 0 aliphatic rings. The monoisotopic (exact) mass is 250 g/mol. The maximum absolute atomic E-state index is 6.31. The number of benzene rings is 1. The van der Waals surface area contributed by atoms with Crippen molar-refractivity contribution in [3.05, 3.63) is 28.3 Å². The van der Waals surface area contributed by atoms with E-state index in [2.05, 4.69) is 33.8 Å². The Balaban J connectivity index is 3.10. The summed E-state index contributed by atoms with van der Waals surface area (Å²) in [5, 5.41) is 0. The molecule has 1 aromatic rings. The number of ether oxygens (including phenoxy) is 1. The highest BCUT2D eigenvalue weighted by molar-refractivity contribution is 5.49. The Morgan fingerprint density at radius 3 is 2.33 bits per heavy atom. The lowest BCUT2D eigenvalue weighted by atomic mass is 9.90. The van der Waals surface area contributed by atoms with Crippen molar-refractivity contribution in [1.82, 2.24) is 0 Å². The van der Waals surface area contributed by atoms with Crippen LogP contribution in [-0.4, -0.2) is 13.7 Å². The Morgan fingerprint density at radius 2 is 1.83 bits per heavy atom. The van der Waals surface area contributed by atoms with Gasteiger partial charge in [0.05, 0.1) is 7.11 Å². The Morgan fingerprint density at radius 1 is 1.22 bits per heavy atom. The molecule has 0 fully saturated rings. The molecule has 0 bridgehead atoms. The van der Waals surface area contributed by atoms with Crippen LogP contribution in [0, 0.1) is 26.7 Å². The molecule has 18 heavy (non-hydrogen) atoms. The first-order valence-electron chi connectivity index (χ1n) is 6.52. The van der Waals surface area contributed by atoms with E-state index in [9.17, 15) is 0 Å². The first kappa shape index (κ1) is 15.0. The molecule has 0 radical (unpaired) electrons. The summed E-state index contributed by atoms with van der Waals surface area (Å²) in [5.41, 5.74) is 16.7. The van der Waals surface area contributed by atoms with Crippen molar-refractivity contribution in [1.29, 1.82) is 0 Å². The molecule has 4 N–H and O–H groups in total. The average Bonchev–Trinajstić information content (AvgIpc) is 2.34. The Kier molecular flexibility index (Phi) is 5.17. The van der Waals surface area contributed by atoms with E-state index in [4.69, 9.17) is 16.2 Å². The number of aryl methyl sites for hydroxylation is 1. The highest BCUT2D eigenvalue weighted by Gasteiger charge is 2.17. The number of methoxy groups -OCH3 is 1. The highest BCUT2D eigenvalue weighted by atomic mass is 16.5. The molecule has 2 unspecified atom stereocenters. The predicted octanol–water partition coefficient (Wildman–Crippen LogP) is 2.61. The fourth-order valence-electron chi connectivity index (χ4n) is 2.45. The third-order valence-corrected chi connectivity index (χ3v) is 3.73. The second kappa shape index (κ2) is 6.21. The highest BCUT2D eigenvalue weighted by Crippen LogP contribution is 2.32. The zero-order valence-corrected chi connectivity index (χ0v) is 12.2. The van der Waals surface area contributed by atoms with Crippen molar-refractivity contribution < 1.29 is 4.74 Å². The van der Waals surface area contributed by atoms with Crippen LogP contribution in [0.25, 0.3) is 0 Å². The Bertz CT molecular complexity index is 415. The van der Waals surface area contributed by atoms with E-state index in [0.29, 0.717) is 12.5 Å². The summed E-state index contributed by atoms with van der Waals surface area (Å²) < 4.78 is 5.43. The lowest BCUT2D eigenvalue weighted by Gasteiger charge is -2.22. The molecule has 0 heterocycles. The lowest BCUT2D eigenvalue weighted by molar-refractivity contribution is 0.407. The molecule has 1 aromatic carbocycles. The van der Waals surface area contributed by atoms with Gasteiger partial charge in [0, 0.05) is 6.04 Å². The molecule has 0 amide bonds. The molecule has 1 rings (SSSR count). The van der Waals surface area contributed by atoms with E-state index in [1.807, 2.05) is 0 Å². The first-order chi connectivity index (χ1) is 8.42. The molecule has 3 nitrogen and oxygen atoms in total. The summed E-state index contributed by atoms with van der Waals surface area (Å²) in [6, 6.07) is 2.20. The van der Waals surface area contributed by atoms with Gasteiger partial charge in [0.25, 0.3) is 0 Å². The SMILES string of the molecule is COc1c(C)cc(C(N)CC(C)CN)c(C)c1C. The third kappa shape index (κ3) is 3.03. The predicted molar refractivity (Wildman–Crippen MR) is 77.0 cm³/mol. The van der Waals surface area contributed by atoms with E-state index >= 15 is 0 Å². The lowest BCUT2D eigenvalue weighted by Crippen LogP contribution is -2.20. The van der Waals surface area contributed by atoms with Crippen LogP contribution in [0.3, 0.4) is 0 Å². The van der Waals surface area contributed by atoms with Crippen LogP contribution in [0.5, 0.6) is 5.75 Å². The number of nitrogens with two attached hydrogens (primary N) is 2. The smallest absolute Gasteiger partial charge is 0.124 e. The fraction of sp³-hybridized carbons (Fsp3) is 0.600. The summed E-state index contributed by atoms with van der Waals surface area (Å²) in [6.07, 6.45) is 0.919. The van der Waals surface area contributed by atoms with Gasteiger partial charge in [-0.05, 0) is 61.9 Å². The molecule has 102 valence electrons. The van der Waals surface area contributed by atoms with Gasteiger partial charge < -0.3 is 16.2 Å². The second-order valence-corrected chi connectivity index (χ2v) is 5.25. The molecular formula is C15H26N2O. The first-order valence-corrected chi connectivity index (χ1v) is 6.52. The van der Waals surface area contributed by atoms with Crippen LogP contribution < -0.4 is 16.2 Å². The van der Waals surface area contributed by atoms with Crippen LogP contribution in [0.1, 0.15) is 41.6 Å². The number of hydrogen-bond donors (Lipinski definition) is 2. The molecule has 0 aromatic heterocycles. The number of rotatable bonds is 5. The summed E-state index contributed by atoms with van der Waals surface area (Å²) in [7, 11) is 1.71. The van der Waals surface area contributed by atoms with Crippen LogP contribution in [0.2, 0.25) is 0 Å². The number of hydrogen-bond acceptors (Lipinski definition) is 3. The second-order valence-electron chi connectivity index (χ2n) is 5.25. The van der Waals surface area contributed by atoms with Crippen molar-refractivity contribution in [2.24, 2.45) is 17.4 Å². The fourth-order valence-corrected chi connectivity index (χ4v) is 2.45. The van der Waals surface area contributed by atoms with Crippen molar-refractivity contribution in [3.8, 4) is 5.75 Å². The van der Waals surface area contributed by atoms with Crippen molar-refractivity contribution >= 4 is 0 Å². The maximum atomic E-state index is 6.31. The summed E-state index contributed by atoms with van der Waals surface area (Å²) in [4.78, 5) is 0. The van der Waals surface area contributed by atoms with E-state index in [0.717, 1.165) is 17.7 Å². The molecule has 0 spiro atoms. The van der Waals surface area contributed by atoms with Gasteiger partial charge in [-0.3, -0.25) is 0 Å².